The van der Waals surface area contributed by atoms with Gasteiger partial charge in [-0.2, -0.15) is 0 Å². The van der Waals surface area contributed by atoms with E-state index in [2.05, 4.69) is 9.47 Å². The van der Waals surface area contributed by atoms with Gasteiger partial charge in [-0.05, 0) is 41.8 Å². The fourth-order valence-corrected chi connectivity index (χ4v) is 1.94. The van der Waals surface area contributed by atoms with Gasteiger partial charge in [-0.15, -0.1) is 26.3 Å². The van der Waals surface area contributed by atoms with Crippen LogP contribution in [-0.2, 0) is 6.42 Å². The molecule has 0 aliphatic carbocycles. The summed E-state index contributed by atoms with van der Waals surface area (Å²) in [6.07, 6.45) is -9.48. The molecule has 0 saturated heterocycles. The molecule has 2 aromatic rings. The van der Waals surface area contributed by atoms with Crippen molar-refractivity contribution in [2.24, 2.45) is 0 Å². The van der Waals surface area contributed by atoms with E-state index in [0.717, 1.165) is 12.1 Å². The summed E-state index contributed by atoms with van der Waals surface area (Å²) < 4.78 is 80.6. The van der Waals surface area contributed by atoms with Crippen molar-refractivity contribution in [2.75, 3.05) is 0 Å². The number of rotatable bonds is 4. The van der Waals surface area contributed by atoms with Crippen LogP contribution in [0.15, 0.2) is 48.5 Å². The zero-order valence-corrected chi connectivity index (χ0v) is 11.4. The molecule has 124 valence electrons. The summed E-state index contributed by atoms with van der Waals surface area (Å²) in [5.74, 6) is -0.782. The van der Waals surface area contributed by atoms with Gasteiger partial charge in [0.2, 0.25) is 0 Å². The fourth-order valence-electron chi connectivity index (χ4n) is 1.94. The number of alkyl halides is 6. The second-order valence-electron chi connectivity index (χ2n) is 4.57. The number of halogens is 6. The summed E-state index contributed by atoms with van der Waals surface area (Å²) in [6.45, 7) is 0. The Balaban J connectivity index is 2.13. The summed E-state index contributed by atoms with van der Waals surface area (Å²) in [6, 6.07) is 10.4. The van der Waals surface area contributed by atoms with Crippen LogP contribution >= 0.6 is 0 Å². The summed E-state index contributed by atoms with van der Waals surface area (Å²) in [5, 5.41) is 0. The molecule has 2 nitrogen and oxygen atoms in total. The van der Waals surface area contributed by atoms with E-state index in [4.69, 9.17) is 0 Å². The van der Waals surface area contributed by atoms with E-state index in [1.165, 1.54) is 24.3 Å². The maximum Gasteiger partial charge on any atom is 0.573 e. The second kappa shape index (κ2) is 6.39. The molecule has 0 aromatic heterocycles. The molecule has 2 rings (SSSR count). The maximum absolute atomic E-state index is 12.2. The Morgan fingerprint density at radius 1 is 0.652 bits per heavy atom. The van der Waals surface area contributed by atoms with Crippen LogP contribution < -0.4 is 9.47 Å². The summed E-state index contributed by atoms with van der Waals surface area (Å²) in [5.41, 5.74) is 0.909. The van der Waals surface area contributed by atoms with E-state index in [0.29, 0.717) is 11.1 Å². The molecule has 23 heavy (non-hydrogen) atoms. The number of benzene rings is 2. The molecule has 0 bridgehead atoms. The lowest BCUT2D eigenvalue weighted by Gasteiger charge is -2.11. The highest BCUT2D eigenvalue weighted by atomic mass is 19.4. The highest BCUT2D eigenvalue weighted by Gasteiger charge is 2.31. The van der Waals surface area contributed by atoms with Crippen molar-refractivity contribution in [1.82, 2.24) is 0 Å². The van der Waals surface area contributed by atoms with Crippen LogP contribution in [0.5, 0.6) is 11.5 Å². The molecule has 0 amide bonds. The van der Waals surface area contributed by atoms with Crippen LogP contribution in [0.2, 0.25) is 0 Å². The Morgan fingerprint density at radius 3 is 1.39 bits per heavy atom. The molecule has 8 heteroatoms. The molecule has 0 aliphatic rings. The Labute approximate surface area is 127 Å². The van der Waals surface area contributed by atoms with Gasteiger partial charge in [0.05, 0.1) is 0 Å². The van der Waals surface area contributed by atoms with E-state index < -0.39 is 24.2 Å². The van der Waals surface area contributed by atoms with Crippen LogP contribution in [0.4, 0.5) is 26.3 Å². The Morgan fingerprint density at radius 2 is 1.04 bits per heavy atom. The molecule has 0 fully saturated rings. The van der Waals surface area contributed by atoms with E-state index in [1.54, 1.807) is 12.1 Å². The average Bonchev–Trinajstić information content (AvgIpc) is 2.35. The summed E-state index contributed by atoms with van der Waals surface area (Å²) >= 11 is 0. The maximum atomic E-state index is 12.2. The van der Waals surface area contributed by atoms with Gasteiger partial charge in [-0.3, -0.25) is 0 Å². The zero-order valence-electron chi connectivity index (χ0n) is 11.4. The van der Waals surface area contributed by atoms with E-state index in [1.807, 2.05) is 0 Å². The molecule has 0 aliphatic heterocycles. The van der Waals surface area contributed by atoms with Gasteiger partial charge in [-0.1, -0.05) is 24.3 Å². The van der Waals surface area contributed by atoms with E-state index in [9.17, 15) is 26.3 Å². The Hall–Kier alpha value is -2.38. The first kappa shape index (κ1) is 17.0. The van der Waals surface area contributed by atoms with Crippen LogP contribution in [0, 0.1) is 0 Å². The topological polar surface area (TPSA) is 18.5 Å². The van der Waals surface area contributed by atoms with Crippen molar-refractivity contribution in [3.05, 3.63) is 59.7 Å². The van der Waals surface area contributed by atoms with Crippen LogP contribution in [0.25, 0.3) is 0 Å². The van der Waals surface area contributed by atoms with Gasteiger partial charge in [0.1, 0.15) is 11.5 Å². The molecular formula is C15H10F6O2. The standard InChI is InChI=1S/C15H10F6O2/c16-14(17,18)22-12-5-1-3-10(8-12)7-11-4-2-6-13(9-11)23-15(19,20)21/h1-6,8-9H,7H2. The van der Waals surface area contributed by atoms with Crippen molar-refractivity contribution < 1.29 is 35.8 Å². The Bertz CT molecular complexity index is 606. The summed E-state index contributed by atoms with van der Waals surface area (Å²) in [7, 11) is 0. The van der Waals surface area contributed by atoms with Crippen molar-refractivity contribution in [1.29, 1.82) is 0 Å². The quantitative estimate of drug-likeness (QED) is 0.726. The number of hydrogen-bond acceptors (Lipinski definition) is 2. The van der Waals surface area contributed by atoms with Gasteiger partial charge in [0.25, 0.3) is 0 Å². The van der Waals surface area contributed by atoms with Crippen molar-refractivity contribution in [3.63, 3.8) is 0 Å². The van der Waals surface area contributed by atoms with Crippen LogP contribution in [0.1, 0.15) is 11.1 Å². The largest absolute Gasteiger partial charge is 0.573 e. The Kier molecular flexibility index (Phi) is 4.72. The van der Waals surface area contributed by atoms with Crippen molar-refractivity contribution in [3.8, 4) is 11.5 Å². The van der Waals surface area contributed by atoms with Crippen molar-refractivity contribution >= 4 is 0 Å². The molecule has 0 atom stereocenters. The first-order valence-corrected chi connectivity index (χ1v) is 6.30. The molecule has 0 N–H and O–H groups in total. The minimum absolute atomic E-state index is 0.129. The minimum atomic E-state index is -4.81. The van der Waals surface area contributed by atoms with Crippen molar-refractivity contribution in [2.45, 2.75) is 19.1 Å². The van der Waals surface area contributed by atoms with E-state index >= 15 is 0 Å². The lowest BCUT2D eigenvalue weighted by Crippen LogP contribution is -2.17. The molecule has 0 heterocycles. The predicted molar refractivity (Wildman–Crippen MR) is 69.1 cm³/mol. The molecule has 0 saturated carbocycles. The average molecular weight is 336 g/mol. The monoisotopic (exact) mass is 336 g/mol. The highest BCUT2D eigenvalue weighted by Crippen LogP contribution is 2.26. The third kappa shape index (κ3) is 6.09. The normalized spacial score (nSPS) is 12.1. The van der Waals surface area contributed by atoms with Gasteiger partial charge in [-0.25, -0.2) is 0 Å². The third-order valence-electron chi connectivity index (χ3n) is 2.67. The molecular weight excluding hydrogens is 326 g/mol. The van der Waals surface area contributed by atoms with E-state index in [-0.39, 0.29) is 6.42 Å². The highest BCUT2D eigenvalue weighted by molar-refractivity contribution is 5.35. The zero-order chi connectivity index (χ0) is 17.1. The van der Waals surface area contributed by atoms with Crippen LogP contribution in [-0.4, -0.2) is 12.7 Å². The molecule has 0 unspecified atom stereocenters. The lowest BCUT2D eigenvalue weighted by atomic mass is 10.0. The third-order valence-corrected chi connectivity index (χ3v) is 2.67. The summed E-state index contributed by atoms with van der Waals surface area (Å²) in [4.78, 5) is 0. The number of hydrogen-bond donors (Lipinski definition) is 0. The minimum Gasteiger partial charge on any atom is -0.406 e. The van der Waals surface area contributed by atoms with Gasteiger partial charge in [0.15, 0.2) is 0 Å². The first-order chi connectivity index (χ1) is 10.6. The lowest BCUT2D eigenvalue weighted by molar-refractivity contribution is -0.275. The fraction of sp³-hybridized carbons (Fsp3) is 0.200. The SMILES string of the molecule is FC(F)(F)Oc1cccc(Cc2cccc(OC(F)(F)F)c2)c1. The molecule has 0 radical (unpaired) electrons. The predicted octanol–water partition coefficient (Wildman–Crippen LogP) is 5.07. The van der Waals surface area contributed by atoms with Gasteiger partial charge >= 0.3 is 12.7 Å². The van der Waals surface area contributed by atoms with Crippen LogP contribution in [0.3, 0.4) is 0 Å². The smallest absolute Gasteiger partial charge is 0.406 e. The molecule has 2 aromatic carbocycles. The number of ether oxygens (including phenoxy) is 2. The molecule has 0 spiro atoms. The second-order valence-corrected chi connectivity index (χ2v) is 4.57. The first-order valence-electron chi connectivity index (χ1n) is 6.30. The van der Waals surface area contributed by atoms with Gasteiger partial charge < -0.3 is 9.47 Å². The van der Waals surface area contributed by atoms with Gasteiger partial charge in [0, 0.05) is 0 Å².